The molecule has 0 bridgehead atoms. The summed E-state index contributed by atoms with van der Waals surface area (Å²) in [4.78, 5) is 25.9. The third-order valence-corrected chi connectivity index (χ3v) is 5.54. The van der Waals surface area contributed by atoms with Gasteiger partial charge in [0.1, 0.15) is 0 Å². The Balaban J connectivity index is 1.94. The van der Waals surface area contributed by atoms with Gasteiger partial charge >= 0.3 is 0 Å². The predicted molar refractivity (Wildman–Crippen MR) is 108 cm³/mol. The highest BCUT2D eigenvalue weighted by Gasteiger charge is 2.30. The highest BCUT2D eigenvalue weighted by molar-refractivity contribution is 7.98. The smallest absolute Gasteiger partial charge is 0.258 e. The van der Waals surface area contributed by atoms with Crippen molar-refractivity contribution in [1.29, 1.82) is 0 Å². The van der Waals surface area contributed by atoms with Crippen LogP contribution in [0.5, 0.6) is 0 Å². The van der Waals surface area contributed by atoms with Gasteiger partial charge in [0, 0.05) is 46.3 Å². The number of carbonyl (C=O) groups is 1. The number of hydrogen-bond acceptors (Lipinski definition) is 3. The predicted octanol–water partition coefficient (Wildman–Crippen LogP) is 4.28. The van der Waals surface area contributed by atoms with Crippen molar-refractivity contribution in [2.45, 2.75) is 17.7 Å². The molecule has 0 spiro atoms. The zero-order chi connectivity index (χ0) is 18.3. The molecule has 4 nitrogen and oxygen atoms in total. The Labute approximate surface area is 156 Å². The van der Waals surface area contributed by atoms with E-state index in [1.165, 1.54) is 0 Å². The zero-order valence-electron chi connectivity index (χ0n) is 14.8. The molecule has 0 saturated heterocycles. The first kappa shape index (κ1) is 16.9. The molecule has 1 fully saturated rings. The number of pyridine rings is 1. The van der Waals surface area contributed by atoms with Crippen molar-refractivity contribution >= 4 is 34.1 Å². The van der Waals surface area contributed by atoms with Crippen LogP contribution < -0.4 is 10.9 Å². The molecule has 0 atom stereocenters. The maximum Gasteiger partial charge on any atom is 0.258 e. The zero-order valence-corrected chi connectivity index (χ0v) is 15.6. The van der Waals surface area contributed by atoms with Crippen LogP contribution in [-0.4, -0.2) is 16.7 Å². The largest absolute Gasteiger partial charge is 0.325 e. The van der Waals surface area contributed by atoms with E-state index in [4.69, 9.17) is 0 Å². The number of aryl methyl sites for hydroxylation is 1. The minimum atomic E-state index is -0.0195. The molecule has 1 aromatic heterocycles. The van der Waals surface area contributed by atoms with Crippen LogP contribution in [0.3, 0.4) is 0 Å². The first-order valence-corrected chi connectivity index (χ1v) is 9.88. The molecule has 1 aliphatic carbocycles. The molecule has 0 unspecified atom stereocenters. The van der Waals surface area contributed by atoms with E-state index < -0.39 is 0 Å². The van der Waals surface area contributed by atoms with Crippen molar-refractivity contribution in [2.24, 2.45) is 13.0 Å². The van der Waals surface area contributed by atoms with Crippen LogP contribution in [0.2, 0.25) is 0 Å². The Morgan fingerprint density at radius 1 is 1.12 bits per heavy atom. The second-order valence-electron chi connectivity index (χ2n) is 6.68. The molecule has 3 aromatic rings. The maximum atomic E-state index is 12.5. The third-order valence-electron chi connectivity index (χ3n) is 4.81. The van der Waals surface area contributed by atoms with Gasteiger partial charge in [0.25, 0.3) is 5.56 Å². The number of anilines is 1. The minimum absolute atomic E-state index is 0.0195. The molecular formula is C21H20N2O2S. The SMILES string of the molecule is CSc1ccc(NC(=O)C2CC2)c(-c2cn(C)c(=O)c3ccccc23)c1. The number of carbonyl (C=O) groups excluding carboxylic acids is 1. The fourth-order valence-electron chi connectivity index (χ4n) is 3.19. The summed E-state index contributed by atoms with van der Waals surface area (Å²) >= 11 is 1.66. The van der Waals surface area contributed by atoms with Crippen LogP contribution in [0.25, 0.3) is 21.9 Å². The summed E-state index contributed by atoms with van der Waals surface area (Å²) in [5.74, 6) is 0.220. The lowest BCUT2D eigenvalue weighted by Crippen LogP contribution is -2.17. The first-order chi connectivity index (χ1) is 12.6. The fraction of sp³-hybridized carbons (Fsp3) is 0.238. The van der Waals surface area contributed by atoms with Gasteiger partial charge in [0.2, 0.25) is 5.91 Å². The summed E-state index contributed by atoms with van der Waals surface area (Å²) in [5.41, 5.74) is 2.67. The second kappa shape index (κ2) is 6.65. The van der Waals surface area contributed by atoms with E-state index in [1.807, 2.05) is 48.9 Å². The van der Waals surface area contributed by atoms with Crippen LogP contribution in [0, 0.1) is 5.92 Å². The van der Waals surface area contributed by atoms with Gasteiger partial charge in [-0.3, -0.25) is 9.59 Å². The molecule has 1 saturated carbocycles. The standard InChI is InChI=1S/C21H20N2O2S/c1-23-12-18(15-5-3-4-6-16(15)21(23)25)17-11-14(26-2)9-10-19(17)22-20(24)13-7-8-13/h3-6,9-13H,7-8H2,1-2H3,(H,22,24). The summed E-state index contributed by atoms with van der Waals surface area (Å²) < 4.78 is 1.61. The Morgan fingerprint density at radius 3 is 2.54 bits per heavy atom. The highest BCUT2D eigenvalue weighted by Crippen LogP contribution is 2.37. The summed E-state index contributed by atoms with van der Waals surface area (Å²) in [7, 11) is 1.76. The molecule has 1 N–H and O–H groups in total. The van der Waals surface area contributed by atoms with Crippen molar-refractivity contribution < 1.29 is 4.79 Å². The van der Waals surface area contributed by atoms with Gasteiger partial charge < -0.3 is 9.88 Å². The number of hydrogen-bond donors (Lipinski definition) is 1. The first-order valence-electron chi connectivity index (χ1n) is 8.66. The number of amides is 1. The van der Waals surface area contributed by atoms with Gasteiger partial charge in [-0.2, -0.15) is 0 Å². The van der Waals surface area contributed by atoms with Crippen molar-refractivity contribution in [3.63, 3.8) is 0 Å². The minimum Gasteiger partial charge on any atom is -0.325 e. The van der Waals surface area contributed by atoms with Crippen molar-refractivity contribution in [3.8, 4) is 11.1 Å². The van der Waals surface area contributed by atoms with Gasteiger partial charge in [-0.1, -0.05) is 18.2 Å². The second-order valence-corrected chi connectivity index (χ2v) is 7.56. The molecule has 26 heavy (non-hydrogen) atoms. The average Bonchev–Trinajstić information content (AvgIpc) is 3.50. The summed E-state index contributed by atoms with van der Waals surface area (Å²) in [6.45, 7) is 0. The molecule has 1 amide bonds. The Bertz CT molecular complexity index is 1070. The van der Waals surface area contributed by atoms with Gasteiger partial charge in [0.05, 0.1) is 0 Å². The van der Waals surface area contributed by atoms with E-state index in [1.54, 1.807) is 23.4 Å². The number of nitrogens with zero attached hydrogens (tertiary/aromatic N) is 1. The van der Waals surface area contributed by atoms with E-state index in [2.05, 4.69) is 11.4 Å². The van der Waals surface area contributed by atoms with Gasteiger partial charge in [-0.25, -0.2) is 0 Å². The van der Waals surface area contributed by atoms with Crippen LogP contribution >= 0.6 is 11.8 Å². The van der Waals surface area contributed by atoms with Crippen molar-refractivity contribution in [2.75, 3.05) is 11.6 Å². The molecule has 4 rings (SSSR count). The molecular weight excluding hydrogens is 344 g/mol. The number of fused-ring (bicyclic) bond motifs is 1. The average molecular weight is 364 g/mol. The fourth-order valence-corrected chi connectivity index (χ4v) is 3.63. The third kappa shape index (κ3) is 3.03. The number of nitrogens with one attached hydrogen (secondary N) is 1. The Hall–Kier alpha value is -2.53. The molecule has 2 aromatic carbocycles. The Morgan fingerprint density at radius 2 is 1.85 bits per heavy atom. The van der Waals surface area contributed by atoms with Crippen molar-refractivity contribution in [3.05, 3.63) is 59.0 Å². The van der Waals surface area contributed by atoms with E-state index in [-0.39, 0.29) is 17.4 Å². The van der Waals surface area contributed by atoms with E-state index in [0.717, 1.165) is 39.9 Å². The van der Waals surface area contributed by atoms with E-state index in [9.17, 15) is 9.59 Å². The lowest BCUT2D eigenvalue weighted by molar-refractivity contribution is -0.117. The molecule has 1 aliphatic rings. The molecule has 132 valence electrons. The molecule has 0 radical (unpaired) electrons. The number of thioether (sulfide) groups is 1. The van der Waals surface area contributed by atoms with Crippen LogP contribution in [0.4, 0.5) is 5.69 Å². The van der Waals surface area contributed by atoms with Crippen LogP contribution in [0.1, 0.15) is 12.8 Å². The number of benzene rings is 2. The van der Waals surface area contributed by atoms with Gasteiger partial charge in [-0.15, -0.1) is 11.8 Å². The normalized spacial score (nSPS) is 13.8. The Kier molecular flexibility index (Phi) is 4.32. The van der Waals surface area contributed by atoms with Gasteiger partial charge in [0.15, 0.2) is 0 Å². The molecule has 0 aliphatic heterocycles. The maximum absolute atomic E-state index is 12.5. The summed E-state index contributed by atoms with van der Waals surface area (Å²) in [6.07, 6.45) is 5.82. The summed E-state index contributed by atoms with van der Waals surface area (Å²) in [5, 5.41) is 4.67. The highest BCUT2D eigenvalue weighted by atomic mass is 32.2. The number of rotatable bonds is 4. The molecule has 5 heteroatoms. The summed E-state index contributed by atoms with van der Waals surface area (Å²) in [6, 6.07) is 13.7. The van der Waals surface area contributed by atoms with E-state index >= 15 is 0 Å². The molecule has 1 heterocycles. The monoisotopic (exact) mass is 364 g/mol. The van der Waals surface area contributed by atoms with E-state index in [0.29, 0.717) is 5.39 Å². The van der Waals surface area contributed by atoms with Crippen LogP contribution in [0.15, 0.2) is 58.4 Å². The lowest BCUT2D eigenvalue weighted by atomic mass is 9.99. The van der Waals surface area contributed by atoms with Gasteiger partial charge in [-0.05, 0) is 48.7 Å². The van der Waals surface area contributed by atoms with Crippen LogP contribution in [-0.2, 0) is 11.8 Å². The quantitative estimate of drug-likeness (QED) is 0.703. The topological polar surface area (TPSA) is 51.1 Å². The lowest BCUT2D eigenvalue weighted by Gasteiger charge is -2.15. The number of aromatic nitrogens is 1. The van der Waals surface area contributed by atoms with Crippen molar-refractivity contribution in [1.82, 2.24) is 4.57 Å².